The number of amides is 1. The van der Waals surface area contributed by atoms with Crippen LogP contribution in [-0.2, 0) is 10.2 Å². The minimum atomic E-state index is -0.164. The van der Waals surface area contributed by atoms with Crippen molar-refractivity contribution in [1.29, 1.82) is 0 Å². The first kappa shape index (κ1) is 15.1. The Balaban J connectivity index is 2.49. The highest BCUT2D eigenvalue weighted by molar-refractivity contribution is 8.26. The van der Waals surface area contributed by atoms with Gasteiger partial charge in [0.25, 0.3) is 5.91 Å². The van der Waals surface area contributed by atoms with E-state index in [0.717, 1.165) is 16.7 Å². The molecule has 1 saturated heterocycles. The van der Waals surface area contributed by atoms with Gasteiger partial charge < -0.3 is 10.4 Å². The lowest BCUT2D eigenvalue weighted by Gasteiger charge is -2.22. The summed E-state index contributed by atoms with van der Waals surface area (Å²) in [6, 6.07) is 3.79. The van der Waals surface area contributed by atoms with Gasteiger partial charge in [-0.05, 0) is 41.7 Å². The average Bonchev–Trinajstić information content (AvgIpc) is 2.60. The minimum absolute atomic E-state index is 0.163. The number of nitrogens with one attached hydrogen (secondary N) is 1. The predicted octanol–water partition coefficient (Wildman–Crippen LogP) is 3.49. The lowest BCUT2D eigenvalue weighted by Crippen LogP contribution is -2.17. The summed E-state index contributed by atoms with van der Waals surface area (Å²) in [7, 11) is 0. The van der Waals surface area contributed by atoms with Gasteiger partial charge in [-0.1, -0.05) is 44.8 Å². The summed E-state index contributed by atoms with van der Waals surface area (Å²) in [6.07, 6.45) is 1.81. The third kappa shape index (κ3) is 3.04. The van der Waals surface area contributed by atoms with Gasteiger partial charge in [0.2, 0.25) is 0 Å². The molecule has 2 N–H and O–H groups in total. The number of benzene rings is 1. The third-order valence-corrected chi connectivity index (χ3v) is 4.23. The predicted molar refractivity (Wildman–Crippen MR) is 87.9 cm³/mol. The summed E-state index contributed by atoms with van der Waals surface area (Å²) in [5.74, 6) is 0.154. The highest BCUT2D eigenvalue weighted by atomic mass is 32.2. The van der Waals surface area contributed by atoms with Gasteiger partial charge >= 0.3 is 0 Å². The number of hydrogen-bond acceptors (Lipinski definition) is 4. The van der Waals surface area contributed by atoms with E-state index in [1.165, 1.54) is 11.8 Å². The number of thiocarbonyl (C=S) groups is 1. The van der Waals surface area contributed by atoms with E-state index < -0.39 is 0 Å². The van der Waals surface area contributed by atoms with Crippen LogP contribution in [0.5, 0.6) is 5.75 Å². The Morgan fingerprint density at radius 2 is 2.00 bits per heavy atom. The lowest BCUT2D eigenvalue weighted by atomic mass is 9.84. The Morgan fingerprint density at radius 3 is 2.50 bits per heavy atom. The lowest BCUT2D eigenvalue weighted by molar-refractivity contribution is -0.115. The van der Waals surface area contributed by atoms with Gasteiger partial charge in [0.15, 0.2) is 0 Å². The van der Waals surface area contributed by atoms with Gasteiger partial charge in [-0.25, -0.2) is 0 Å². The van der Waals surface area contributed by atoms with Crippen LogP contribution in [0.4, 0.5) is 0 Å². The molecule has 0 spiro atoms. The Kier molecular flexibility index (Phi) is 3.93. The van der Waals surface area contributed by atoms with Crippen LogP contribution in [0.25, 0.3) is 6.08 Å². The van der Waals surface area contributed by atoms with Crippen LogP contribution in [-0.4, -0.2) is 15.3 Å². The molecule has 0 unspecified atom stereocenters. The molecule has 0 aromatic heterocycles. The summed E-state index contributed by atoms with van der Waals surface area (Å²) < 4.78 is 0.479. The van der Waals surface area contributed by atoms with Crippen LogP contribution in [0.15, 0.2) is 17.0 Å². The van der Waals surface area contributed by atoms with Crippen molar-refractivity contribution < 1.29 is 9.90 Å². The van der Waals surface area contributed by atoms with Crippen molar-refractivity contribution in [3.8, 4) is 5.75 Å². The molecule has 0 aliphatic carbocycles. The smallest absolute Gasteiger partial charge is 0.263 e. The molecule has 1 heterocycles. The molecular weight excluding hydrogens is 290 g/mol. The standard InChI is InChI=1S/C15H17NO2S2/c1-8-5-9(6-10(12(8)17)15(2,3)4)7-11-13(18)16-14(19)20-11/h5-7,17H,1-4H3,(H,16,18,19). The maximum absolute atomic E-state index is 11.7. The molecule has 106 valence electrons. The van der Waals surface area contributed by atoms with Crippen molar-refractivity contribution in [2.75, 3.05) is 0 Å². The maximum atomic E-state index is 11.7. The van der Waals surface area contributed by atoms with E-state index in [0.29, 0.717) is 15.0 Å². The fourth-order valence-electron chi connectivity index (χ4n) is 2.03. The van der Waals surface area contributed by atoms with E-state index in [-0.39, 0.29) is 11.3 Å². The van der Waals surface area contributed by atoms with E-state index in [4.69, 9.17) is 12.2 Å². The summed E-state index contributed by atoms with van der Waals surface area (Å²) in [6.45, 7) is 8.00. The zero-order valence-electron chi connectivity index (χ0n) is 11.9. The van der Waals surface area contributed by atoms with Crippen LogP contribution in [0.2, 0.25) is 0 Å². The largest absolute Gasteiger partial charge is 0.507 e. The monoisotopic (exact) mass is 307 g/mol. The van der Waals surface area contributed by atoms with Crippen LogP contribution in [0, 0.1) is 6.92 Å². The summed E-state index contributed by atoms with van der Waals surface area (Å²) in [4.78, 5) is 12.3. The van der Waals surface area contributed by atoms with Gasteiger partial charge in [-0.15, -0.1) is 0 Å². The van der Waals surface area contributed by atoms with E-state index in [1.54, 1.807) is 6.08 Å². The van der Waals surface area contributed by atoms with Gasteiger partial charge in [0.05, 0.1) is 4.91 Å². The quantitative estimate of drug-likeness (QED) is 0.616. The summed E-state index contributed by atoms with van der Waals surface area (Å²) in [5, 5.41) is 12.8. The molecule has 2 rings (SSSR count). The van der Waals surface area contributed by atoms with Gasteiger partial charge in [0, 0.05) is 5.56 Å². The average molecular weight is 307 g/mol. The van der Waals surface area contributed by atoms with Gasteiger partial charge in [-0.3, -0.25) is 4.79 Å². The molecule has 1 aromatic rings. The van der Waals surface area contributed by atoms with Gasteiger partial charge in [0.1, 0.15) is 10.1 Å². The Hall–Kier alpha value is -1.33. The molecular formula is C15H17NO2S2. The Labute approximate surface area is 128 Å². The first-order valence-electron chi connectivity index (χ1n) is 6.27. The Morgan fingerprint density at radius 1 is 1.35 bits per heavy atom. The SMILES string of the molecule is Cc1cc(C=C2SC(=S)NC2=O)cc(C(C)(C)C)c1O. The summed E-state index contributed by atoms with van der Waals surface area (Å²) in [5.41, 5.74) is 2.40. The van der Waals surface area contributed by atoms with E-state index >= 15 is 0 Å². The normalized spacial score (nSPS) is 17.7. The molecule has 20 heavy (non-hydrogen) atoms. The van der Waals surface area contributed by atoms with E-state index in [9.17, 15) is 9.90 Å². The zero-order valence-corrected chi connectivity index (χ0v) is 13.5. The first-order valence-corrected chi connectivity index (χ1v) is 7.50. The second-order valence-corrected chi connectivity index (χ2v) is 7.56. The molecule has 1 aliphatic heterocycles. The van der Waals surface area contributed by atoms with Crippen molar-refractivity contribution in [2.24, 2.45) is 0 Å². The molecule has 3 nitrogen and oxygen atoms in total. The van der Waals surface area contributed by atoms with Crippen LogP contribution < -0.4 is 5.32 Å². The highest BCUT2D eigenvalue weighted by Crippen LogP contribution is 2.35. The minimum Gasteiger partial charge on any atom is -0.507 e. The number of carbonyl (C=O) groups excluding carboxylic acids is 1. The van der Waals surface area contributed by atoms with Crippen molar-refractivity contribution >= 4 is 40.3 Å². The molecule has 0 atom stereocenters. The van der Waals surface area contributed by atoms with E-state index in [1.807, 2.05) is 39.8 Å². The van der Waals surface area contributed by atoms with Crippen molar-refractivity contribution in [1.82, 2.24) is 5.32 Å². The fraction of sp³-hybridized carbons (Fsp3) is 0.333. The Bertz CT molecular complexity index is 627. The number of hydrogen-bond donors (Lipinski definition) is 2. The molecule has 0 saturated carbocycles. The number of aromatic hydroxyl groups is 1. The molecule has 5 heteroatoms. The molecule has 0 radical (unpaired) electrons. The van der Waals surface area contributed by atoms with E-state index in [2.05, 4.69) is 5.32 Å². The van der Waals surface area contributed by atoms with Crippen molar-refractivity contribution in [3.63, 3.8) is 0 Å². The number of thioether (sulfide) groups is 1. The second kappa shape index (κ2) is 5.22. The van der Waals surface area contributed by atoms with Crippen LogP contribution in [0.1, 0.15) is 37.5 Å². The fourth-order valence-corrected chi connectivity index (χ4v) is 3.08. The number of carbonyl (C=O) groups is 1. The van der Waals surface area contributed by atoms with Crippen molar-refractivity contribution in [3.05, 3.63) is 33.7 Å². The maximum Gasteiger partial charge on any atom is 0.263 e. The number of aryl methyl sites for hydroxylation is 1. The number of phenols is 1. The molecule has 1 aliphatic rings. The number of phenolic OH excluding ortho intramolecular Hbond substituents is 1. The van der Waals surface area contributed by atoms with Crippen LogP contribution >= 0.6 is 24.0 Å². The van der Waals surface area contributed by atoms with Crippen LogP contribution in [0.3, 0.4) is 0 Å². The first-order chi connectivity index (χ1) is 9.18. The second-order valence-electron chi connectivity index (χ2n) is 5.84. The molecule has 1 amide bonds. The number of rotatable bonds is 1. The van der Waals surface area contributed by atoms with Crippen molar-refractivity contribution in [2.45, 2.75) is 33.1 Å². The molecule has 0 bridgehead atoms. The molecule has 1 fully saturated rings. The third-order valence-electron chi connectivity index (χ3n) is 3.07. The highest BCUT2D eigenvalue weighted by Gasteiger charge is 2.23. The van der Waals surface area contributed by atoms with Gasteiger partial charge in [-0.2, -0.15) is 0 Å². The zero-order chi connectivity index (χ0) is 15.1. The summed E-state index contributed by atoms with van der Waals surface area (Å²) >= 11 is 6.23. The molecule has 1 aromatic carbocycles. The topological polar surface area (TPSA) is 49.3 Å².